The molecule has 0 N–H and O–H groups in total. The van der Waals surface area contributed by atoms with Crippen molar-refractivity contribution < 1.29 is 13.2 Å². The Kier molecular flexibility index (Phi) is 4.75. The summed E-state index contributed by atoms with van der Waals surface area (Å²) in [4.78, 5) is 14.7. The van der Waals surface area contributed by atoms with Crippen molar-refractivity contribution >= 4 is 15.7 Å². The molecule has 0 bridgehead atoms. The lowest BCUT2D eigenvalue weighted by Crippen LogP contribution is -2.44. The zero-order chi connectivity index (χ0) is 18.1. The van der Waals surface area contributed by atoms with Crippen LogP contribution in [0.2, 0.25) is 0 Å². The predicted molar refractivity (Wildman–Crippen MR) is 94.1 cm³/mol. The third kappa shape index (κ3) is 3.23. The molecule has 3 rings (SSSR count). The summed E-state index contributed by atoms with van der Waals surface area (Å²) in [6.07, 6.45) is 2.90. The number of hydrogen-bond acceptors (Lipinski definition) is 7. The van der Waals surface area contributed by atoms with Gasteiger partial charge in [0.15, 0.2) is 5.03 Å². The van der Waals surface area contributed by atoms with Crippen LogP contribution in [0.1, 0.15) is 26.5 Å². The van der Waals surface area contributed by atoms with E-state index in [-0.39, 0.29) is 11.1 Å². The van der Waals surface area contributed by atoms with E-state index in [1.165, 1.54) is 18.6 Å². The lowest BCUT2D eigenvalue weighted by molar-refractivity contribution is 0.0985. The maximum Gasteiger partial charge on any atom is 0.206 e. The molecule has 3 heterocycles. The smallest absolute Gasteiger partial charge is 0.206 e. The van der Waals surface area contributed by atoms with Crippen LogP contribution >= 0.6 is 0 Å². The zero-order valence-electron chi connectivity index (χ0n) is 14.6. The van der Waals surface area contributed by atoms with Crippen molar-refractivity contribution in [1.29, 1.82) is 0 Å². The van der Waals surface area contributed by atoms with E-state index in [2.05, 4.69) is 26.8 Å². The Bertz CT molecular complexity index is 840. The number of sulfone groups is 1. The maximum atomic E-state index is 13.0. The van der Waals surface area contributed by atoms with Crippen LogP contribution in [0.3, 0.4) is 0 Å². The number of pyridine rings is 1. The molecule has 2 aromatic heterocycles. The van der Waals surface area contributed by atoms with E-state index in [9.17, 15) is 8.42 Å². The van der Waals surface area contributed by atoms with Crippen molar-refractivity contribution in [1.82, 2.24) is 15.0 Å². The van der Waals surface area contributed by atoms with Gasteiger partial charge >= 0.3 is 0 Å². The standard InChI is InChI=1S/C17H22N4O3S/c1-13-11-24-9-8-21(13)15-10-14(19-12-20-15)17(2,3)25(22,23)16-6-4-5-7-18-16/h4-7,10,12-13H,8-9,11H2,1-3H3/t13-/m0/s1. The van der Waals surface area contributed by atoms with Gasteiger partial charge in [-0.05, 0) is 32.9 Å². The van der Waals surface area contributed by atoms with E-state index in [1.807, 2.05) is 0 Å². The van der Waals surface area contributed by atoms with Crippen LogP contribution in [-0.2, 0) is 19.3 Å². The van der Waals surface area contributed by atoms with Crippen LogP contribution in [0.15, 0.2) is 41.8 Å². The average Bonchev–Trinajstić information content (AvgIpc) is 2.63. The van der Waals surface area contributed by atoms with Gasteiger partial charge in [0.1, 0.15) is 16.9 Å². The summed E-state index contributed by atoms with van der Waals surface area (Å²) in [6.45, 7) is 7.30. The Morgan fingerprint density at radius 3 is 2.72 bits per heavy atom. The molecule has 2 aromatic rings. The fourth-order valence-corrected chi connectivity index (χ4v) is 4.17. The molecule has 25 heavy (non-hydrogen) atoms. The van der Waals surface area contributed by atoms with Crippen molar-refractivity contribution in [3.8, 4) is 0 Å². The molecule has 0 radical (unpaired) electrons. The topological polar surface area (TPSA) is 85.3 Å². The first-order valence-electron chi connectivity index (χ1n) is 8.16. The largest absolute Gasteiger partial charge is 0.377 e. The van der Waals surface area contributed by atoms with E-state index >= 15 is 0 Å². The van der Waals surface area contributed by atoms with Crippen molar-refractivity contribution in [2.45, 2.75) is 36.6 Å². The van der Waals surface area contributed by atoms with Gasteiger partial charge in [-0.2, -0.15) is 0 Å². The molecule has 7 nitrogen and oxygen atoms in total. The quantitative estimate of drug-likeness (QED) is 0.820. The lowest BCUT2D eigenvalue weighted by Gasteiger charge is -2.34. The normalized spacial score (nSPS) is 19.0. The summed E-state index contributed by atoms with van der Waals surface area (Å²) < 4.78 is 30.3. The molecule has 0 spiro atoms. The number of hydrogen-bond donors (Lipinski definition) is 0. The molecule has 0 aliphatic carbocycles. The maximum absolute atomic E-state index is 13.0. The molecular weight excluding hydrogens is 340 g/mol. The second-order valence-corrected chi connectivity index (χ2v) is 9.01. The highest BCUT2D eigenvalue weighted by atomic mass is 32.2. The van der Waals surface area contributed by atoms with Gasteiger partial charge in [0.25, 0.3) is 0 Å². The van der Waals surface area contributed by atoms with Crippen LogP contribution in [0.4, 0.5) is 5.82 Å². The molecule has 8 heteroatoms. The van der Waals surface area contributed by atoms with Crippen LogP contribution < -0.4 is 4.90 Å². The molecule has 0 amide bonds. The SMILES string of the molecule is C[C@H]1COCCN1c1cc(C(C)(C)S(=O)(=O)c2ccccn2)ncn1. The minimum atomic E-state index is -3.70. The second-order valence-electron chi connectivity index (χ2n) is 6.56. The summed E-state index contributed by atoms with van der Waals surface area (Å²) >= 11 is 0. The molecule has 134 valence electrons. The summed E-state index contributed by atoms with van der Waals surface area (Å²) in [7, 11) is -3.70. The Hall–Kier alpha value is -2.06. The lowest BCUT2D eigenvalue weighted by atomic mass is 10.1. The van der Waals surface area contributed by atoms with Crippen molar-refractivity contribution in [2.24, 2.45) is 0 Å². The fourth-order valence-electron chi connectivity index (χ4n) is 2.81. The Morgan fingerprint density at radius 2 is 2.04 bits per heavy atom. The van der Waals surface area contributed by atoms with E-state index in [4.69, 9.17) is 4.74 Å². The number of ether oxygens (including phenoxy) is 1. The Labute approximate surface area is 148 Å². The third-order valence-electron chi connectivity index (χ3n) is 4.52. The van der Waals surface area contributed by atoms with E-state index in [0.717, 1.165) is 0 Å². The minimum Gasteiger partial charge on any atom is -0.377 e. The Balaban J connectivity index is 1.99. The molecule has 0 saturated carbocycles. The van der Waals surface area contributed by atoms with Crippen molar-refractivity contribution in [3.63, 3.8) is 0 Å². The molecule has 1 fully saturated rings. The molecular formula is C17H22N4O3S. The second kappa shape index (κ2) is 6.68. The zero-order valence-corrected chi connectivity index (χ0v) is 15.4. The van der Waals surface area contributed by atoms with Gasteiger partial charge in [-0.1, -0.05) is 6.07 Å². The van der Waals surface area contributed by atoms with Crippen molar-refractivity contribution in [2.75, 3.05) is 24.7 Å². The van der Waals surface area contributed by atoms with Gasteiger partial charge in [0, 0.05) is 18.8 Å². The number of aromatic nitrogens is 3. The van der Waals surface area contributed by atoms with E-state index < -0.39 is 14.6 Å². The van der Waals surface area contributed by atoms with Gasteiger partial charge in [-0.25, -0.2) is 23.4 Å². The van der Waals surface area contributed by atoms with Gasteiger partial charge < -0.3 is 9.64 Å². The Morgan fingerprint density at radius 1 is 1.24 bits per heavy atom. The van der Waals surface area contributed by atoms with Crippen molar-refractivity contribution in [3.05, 3.63) is 42.5 Å². The van der Waals surface area contributed by atoms with Gasteiger partial charge in [0.05, 0.1) is 24.9 Å². The third-order valence-corrected chi connectivity index (χ3v) is 6.86. The monoisotopic (exact) mass is 362 g/mol. The highest BCUT2D eigenvalue weighted by molar-refractivity contribution is 7.92. The van der Waals surface area contributed by atoms with E-state index in [1.54, 1.807) is 32.0 Å². The number of rotatable bonds is 4. The predicted octanol–water partition coefficient (Wildman–Crippen LogP) is 1.81. The molecule has 1 saturated heterocycles. The van der Waals surface area contributed by atoms with Crippen LogP contribution in [-0.4, -0.2) is 49.2 Å². The molecule has 1 aliphatic heterocycles. The highest BCUT2D eigenvalue weighted by Gasteiger charge is 2.40. The highest BCUT2D eigenvalue weighted by Crippen LogP contribution is 2.34. The number of anilines is 1. The first-order chi connectivity index (χ1) is 11.8. The molecule has 0 unspecified atom stereocenters. The van der Waals surface area contributed by atoms with Gasteiger partial charge in [-0.15, -0.1) is 0 Å². The summed E-state index contributed by atoms with van der Waals surface area (Å²) in [5.41, 5.74) is 0.446. The number of nitrogens with zero attached hydrogens (tertiary/aromatic N) is 4. The average molecular weight is 362 g/mol. The summed E-state index contributed by atoms with van der Waals surface area (Å²) in [5, 5.41) is 0.0416. The summed E-state index contributed by atoms with van der Waals surface area (Å²) in [5.74, 6) is 0.713. The van der Waals surface area contributed by atoms with Crippen LogP contribution in [0, 0.1) is 0 Å². The van der Waals surface area contributed by atoms with E-state index in [0.29, 0.717) is 31.3 Å². The molecule has 0 aromatic carbocycles. The van der Waals surface area contributed by atoms with Gasteiger partial charge in [-0.3, -0.25) is 0 Å². The first kappa shape index (κ1) is 17.8. The first-order valence-corrected chi connectivity index (χ1v) is 9.65. The summed E-state index contributed by atoms with van der Waals surface area (Å²) in [6, 6.07) is 6.78. The van der Waals surface area contributed by atoms with Crippen LogP contribution in [0.25, 0.3) is 0 Å². The molecule has 1 aliphatic rings. The van der Waals surface area contributed by atoms with Crippen LogP contribution in [0.5, 0.6) is 0 Å². The minimum absolute atomic E-state index is 0.0416. The fraction of sp³-hybridized carbons (Fsp3) is 0.471. The van der Waals surface area contributed by atoms with Gasteiger partial charge in [0.2, 0.25) is 9.84 Å². The number of morpholine rings is 1. The molecule has 1 atom stereocenters.